The van der Waals surface area contributed by atoms with Gasteiger partial charge >= 0.3 is 0 Å². The molecule has 0 amide bonds. The summed E-state index contributed by atoms with van der Waals surface area (Å²) in [5, 5.41) is 0.618. The zero-order chi connectivity index (χ0) is 22.1. The van der Waals surface area contributed by atoms with Crippen LogP contribution in [0.5, 0.6) is 11.5 Å². The number of hydrogen-bond donors (Lipinski definition) is 3. The lowest BCUT2D eigenvalue weighted by Gasteiger charge is -2.15. The number of nitrogens with zero attached hydrogens (tertiary/aromatic N) is 1. The molecule has 0 saturated carbocycles. The number of fused-ring (bicyclic) bond motifs is 1. The summed E-state index contributed by atoms with van der Waals surface area (Å²) in [5.41, 5.74) is 1.90. The fourth-order valence-electron chi connectivity index (χ4n) is 3.30. The van der Waals surface area contributed by atoms with Crippen LogP contribution in [0.4, 0.5) is 8.78 Å². The summed E-state index contributed by atoms with van der Waals surface area (Å²) in [7, 11) is -1.19. The Balaban J connectivity index is 1.89. The number of pyridine rings is 1. The SMILES string of the molecule is Cn1cc(-c2cc(CN[SH](=O)=O)ccc2Oc2ccc(F)cc2F)c2cc[nH]c2c1=O. The summed E-state index contributed by atoms with van der Waals surface area (Å²) in [6.45, 7) is 0.0406. The van der Waals surface area contributed by atoms with Gasteiger partial charge in [-0.1, -0.05) is 6.07 Å². The number of ether oxygens (including phenoxy) is 1. The van der Waals surface area contributed by atoms with Crippen molar-refractivity contribution in [2.45, 2.75) is 6.54 Å². The average molecular weight is 445 g/mol. The Morgan fingerprint density at radius 3 is 2.58 bits per heavy atom. The second-order valence-electron chi connectivity index (χ2n) is 6.82. The molecular formula is C21H17F2N3O4S. The Hall–Kier alpha value is -3.50. The van der Waals surface area contributed by atoms with Crippen LogP contribution in [0.15, 0.2) is 59.7 Å². The lowest BCUT2D eigenvalue weighted by atomic mass is 10.0. The number of thiol groups is 1. The molecule has 4 aromatic rings. The third kappa shape index (κ3) is 4.21. The first kappa shape index (κ1) is 20.8. The molecule has 0 aliphatic carbocycles. The highest BCUT2D eigenvalue weighted by Gasteiger charge is 2.17. The molecule has 2 N–H and O–H groups in total. The smallest absolute Gasteiger partial charge is 0.274 e. The predicted molar refractivity (Wildman–Crippen MR) is 113 cm³/mol. The molecule has 0 aliphatic heterocycles. The van der Waals surface area contributed by atoms with Gasteiger partial charge in [-0.05, 0) is 35.9 Å². The van der Waals surface area contributed by atoms with Crippen molar-refractivity contribution in [3.05, 3.63) is 82.4 Å². The van der Waals surface area contributed by atoms with Gasteiger partial charge < -0.3 is 14.3 Å². The minimum absolute atomic E-state index is 0.0406. The largest absolute Gasteiger partial charge is 0.454 e. The third-order valence-electron chi connectivity index (χ3n) is 4.75. The average Bonchev–Trinajstić information content (AvgIpc) is 3.22. The van der Waals surface area contributed by atoms with Crippen LogP contribution in [0.25, 0.3) is 22.0 Å². The van der Waals surface area contributed by atoms with Gasteiger partial charge in [0, 0.05) is 48.6 Å². The quantitative estimate of drug-likeness (QED) is 0.398. The van der Waals surface area contributed by atoms with Gasteiger partial charge in [0.1, 0.15) is 17.1 Å². The number of aromatic amines is 1. The molecule has 2 heterocycles. The molecule has 2 aromatic carbocycles. The molecule has 10 heteroatoms. The van der Waals surface area contributed by atoms with E-state index in [4.69, 9.17) is 4.74 Å². The summed E-state index contributed by atoms with van der Waals surface area (Å²) < 4.78 is 58.7. The summed E-state index contributed by atoms with van der Waals surface area (Å²) >= 11 is 0. The Bertz CT molecular complexity index is 1420. The molecule has 2 aromatic heterocycles. The van der Waals surface area contributed by atoms with Crippen molar-refractivity contribution in [3.8, 4) is 22.6 Å². The maximum Gasteiger partial charge on any atom is 0.274 e. The molecule has 0 bridgehead atoms. The van der Waals surface area contributed by atoms with Crippen LogP contribution < -0.4 is 15.0 Å². The molecule has 0 spiro atoms. The lowest BCUT2D eigenvalue weighted by Crippen LogP contribution is -2.16. The zero-order valence-electron chi connectivity index (χ0n) is 16.2. The number of H-pyrrole nitrogens is 1. The van der Waals surface area contributed by atoms with Gasteiger partial charge in [-0.15, -0.1) is 0 Å². The summed E-state index contributed by atoms with van der Waals surface area (Å²) in [6.07, 6.45) is 3.25. The van der Waals surface area contributed by atoms with Crippen molar-refractivity contribution < 1.29 is 21.9 Å². The Morgan fingerprint density at radius 2 is 1.84 bits per heavy atom. The second kappa shape index (κ2) is 8.32. The number of benzene rings is 2. The van der Waals surface area contributed by atoms with Crippen molar-refractivity contribution in [3.63, 3.8) is 0 Å². The van der Waals surface area contributed by atoms with E-state index in [1.807, 2.05) is 0 Å². The number of aryl methyl sites for hydroxylation is 1. The Kier molecular flexibility index (Phi) is 5.57. The molecule has 7 nitrogen and oxygen atoms in total. The first-order chi connectivity index (χ1) is 14.8. The van der Waals surface area contributed by atoms with Crippen LogP contribution in [-0.2, 0) is 24.5 Å². The fourth-order valence-corrected chi connectivity index (χ4v) is 3.61. The topological polar surface area (TPSA) is 93.2 Å². The van der Waals surface area contributed by atoms with Crippen LogP contribution in [0.2, 0.25) is 0 Å². The maximum atomic E-state index is 14.2. The van der Waals surface area contributed by atoms with E-state index in [1.54, 1.807) is 43.7 Å². The fraction of sp³-hybridized carbons (Fsp3) is 0.0952. The summed E-state index contributed by atoms with van der Waals surface area (Å²) in [5.74, 6) is -1.52. The summed E-state index contributed by atoms with van der Waals surface area (Å²) in [6, 6.07) is 9.59. The minimum Gasteiger partial charge on any atom is -0.454 e. The molecule has 0 aliphatic rings. The zero-order valence-corrected chi connectivity index (χ0v) is 17.1. The Morgan fingerprint density at radius 1 is 1.06 bits per heavy atom. The second-order valence-corrected chi connectivity index (χ2v) is 7.65. The standard InChI is InChI=1S/C21H17F2N3O4S/c1-26-11-16(14-6-7-24-20(14)21(26)27)15-8-12(10-25-31(28)29)2-4-18(15)30-19-5-3-13(22)9-17(19)23/h2-9,11,24,31H,10H2,1H3,(H,25,28,29). The number of aromatic nitrogens is 2. The number of halogens is 2. The van der Waals surface area contributed by atoms with Crippen LogP contribution in [0.3, 0.4) is 0 Å². The van der Waals surface area contributed by atoms with E-state index in [1.165, 1.54) is 10.6 Å². The normalized spacial score (nSPS) is 11.4. The monoisotopic (exact) mass is 445 g/mol. The molecular weight excluding hydrogens is 428 g/mol. The van der Waals surface area contributed by atoms with Gasteiger partial charge in [-0.2, -0.15) is 0 Å². The minimum atomic E-state index is -2.79. The first-order valence-corrected chi connectivity index (χ1v) is 10.3. The number of rotatable bonds is 6. The molecule has 0 saturated heterocycles. The maximum absolute atomic E-state index is 14.2. The van der Waals surface area contributed by atoms with E-state index >= 15 is 0 Å². The first-order valence-electron chi connectivity index (χ1n) is 9.14. The Labute approximate surface area is 177 Å². The predicted octanol–water partition coefficient (Wildman–Crippen LogP) is 3.22. The van der Waals surface area contributed by atoms with E-state index in [0.717, 1.165) is 6.07 Å². The molecule has 31 heavy (non-hydrogen) atoms. The van der Waals surface area contributed by atoms with Crippen LogP contribution in [0, 0.1) is 11.6 Å². The van der Waals surface area contributed by atoms with Crippen LogP contribution in [-0.4, -0.2) is 18.0 Å². The van der Waals surface area contributed by atoms with E-state index in [0.29, 0.717) is 33.7 Å². The van der Waals surface area contributed by atoms with Crippen molar-refractivity contribution in [1.82, 2.24) is 14.3 Å². The highest BCUT2D eigenvalue weighted by Crippen LogP contribution is 2.37. The molecule has 0 unspecified atom stereocenters. The number of nitrogens with one attached hydrogen (secondary N) is 2. The highest BCUT2D eigenvalue weighted by atomic mass is 32.2. The molecule has 0 fully saturated rings. The van der Waals surface area contributed by atoms with Crippen LogP contribution in [0.1, 0.15) is 5.56 Å². The van der Waals surface area contributed by atoms with Gasteiger partial charge in [0.2, 0.25) is 10.9 Å². The molecule has 0 radical (unpaired) electrons. The van der Waals surface area contributed by atoms with Gasteiger partial charge in [-0.25, -0.2) is 21.9 Å². The number of hydrogen-bond acceptors (Lipinski definition) is 4. The van der Waals surface area contributed by atoms with E-state index in [2.05, 4.69) is 9.71 Å². The van der Waals surface area contributed by atoms with Crippen molar-refractivity contribution in [2.75, 3.05) is 0 Å². The lowest BCUT2D eigenvalue weighted by molar-refractivity contribution is 0.439. The third-order valence-corrected chi connectivity index (χ3v) is 5.17. The molecule has 4 rings (SSSR count). The summed E-state index contributed by atoms with van der Waals surface area (Å²) in [4.78, 5) is 15.3. The molecule has 160 valence electrons. The van der Waals surface area contributed by atoms with Crippen molar-refractivity contribution >= 4 is 21.8 Å². The van der Waals surface area contributed by atoms with Crippen molar-refractivity contribution in [1.29, 1.82) is 0 Å². The highest BCUT2D eigenvalue weighted by molar-refractivity contribution is 7.70. The van der Waals surface area contributed by atoms with Crippen molar-refractivity contribution in [2.24, 2.45) is 7.05 Å². The van der Waals surface area contributed by atoms with E-state index in [9.17, 15) is 22.0 Å². The molecule has 0 atom stereocenters. The van der Waals surface area contributed by atoms with Gasteiger partial charge in [0.15, 0.2) is 11.6 Å². The van der Waals surface area contributed by atoms with Gasteiger partial charge in [0.05, 0.1) is 0 Å². The van der Waals surface area contributed by atoms with E-state index in [-0.39, 0.29) is 23.6 Å². The van der Waals surface area contributed by atoms with Crippen LogP contribution >= 0.6 is 0 Å². The van der Waals surface area contributed by atoms with Gasteiger partial charge in [0.25, 0.3) is 5.56 Å². The van der Waals surface area contributed by atoms with Gasteiger partial charge in [-0.3, -0.25) is 4.79 Å². The van der Waals surface area contributed by atoms with E-state index < -0.39 is 22.5 Å².